The van der Waals surface area contributed by atoms with E-state index in [9.17, 15) is 9.90 Å². The van der Waals surface area contributed by atoms with Crippen molar-refractivity contribution in [2.75, 3.05) is 6.61 Å². The van der Waals surface area contributed by atoms with Crippen molar-refractivity contribution in [3.63, 3.8) is 0 Å². The van der Waals surface area contributed by atoms with E-state index in [0.29, 0.717) is 0 Å². The first-order chi connectivity index (χ1) is 6.45. The van der Waals surface area contributed by atoms with Gasteiger partial charge in [0, 0.05) is 5.41 Å². The predicted octanol–water partition coefficient (Wildman–Crippen LogP) is 1.07. The van der Waals surface area contributed by atoms with Crippen LogP contribution >= 0.6 is 0 Å². The number of cyclic esters (lactones) is 1. The maximum absolute atomic E-state index is 10.8. The highest BCUT2D eigenvalue weighted by Crippen LogP contribution is 2.27. The van der Waals surface area contributed by atoms with Crippen molar-refractivity contribution in [2.24, 2.45) is 5.41 Å². The average molecular weight is 202 g/mol. The minimum absolute atomic E-state index is 0.247. The molecular weight excluding hydrogens is 184 g/mol. The monoisotopic (exact) mass is 202 g/mol. The molecule has 1 saturated heterocycles. The summed E-state index contributed by atoms with van der Waals surface area (Å²) in [6.45, 7) is 6.10. The van der Waals surface area contributed by atoms with E-state index in [1.807, 2.05) is 20.8 Å². The van der Waals surface area contributed by atoms with Crippen LogP contribution in [0.5, 0.6) is 0 Å². The van der Waals surface area contributed by atoms with Gasteiger partial charge in [-0.3, -0.25) is 4.79 Å². The van der Waals surface area contributed by atoms with Gasteiger partial charge in [-0.1, -0.05) is 20.8 Å². The zero-order valence-electron chi connectivity index (χ0n) is 8.95. The van der Waals surface area contributed by atoms with E-state index >= 15 is 0 Å². The smallest absolute Gasteiger partial charge is 0.308 e. The summed E-state index contributed by atoms with van der Waals surface area (Å²) in [6.07, 6.45) is -0.0673. The lowest BCUT2D eigenvalue weighted by Gasteiger charge is -2.30. The molecule has 1 aliphatic heterocycles. The van der Waals surface area contributed by atoms with E-state index in [1.165, 1.54) is 0 Å². The molecule has 1 rings (SSSR count). The second-order valence-electron chi connectivity index (χ2n) is 4.34. The van der Waals surface area contributed by atoms with Crippen LogP contribution in [0.15, 0.2) is 0 Å². The van der Waals surface area contributed by atoms with Gasteiger partial charge in [0.25, 0.3) is 0 Å². The zero-order chi connectivity index (χ0) is 10.8. The molecule has 0 saturated carbocycles. The molecule has 14 heavy (non-hydrogen) atoms. The van der Waals surface area contributed by atoms with Gasteiger partial charge < -0.3 is 14.6 Å². The molecule has 1 fully saturated rings. The Kier molecular flexibility index (Phi) is 3.50. The lowest BCUT2D eigenvalue weighted by atomic mass is 9.89. The molecule has 0 radical (unpaired) electrons. The SMILES string of the molecule is CCC(C)(C)C(O)OC1COC(=O)C1. The van der Waals surface area contributed by atoms with Crippen molar-refractivity contribution in [3.8, 4) is 0 Å². The second kappa shape index (κ2) is 4.28. The highest BCUT2D eigenvalue weighted by molar-refractivity contribution is 5.71. The Morgan fingerprint density at radius 2 is 2.36 bits per heavy atom. The molecule has 0 aromatic carbocycles. The average Bonchev–Trinajstić information content (AvgIpc) is 2.51. The highest BCUT2D eigenvalue weighted by Gasteiger charge is 2.32. The Balaban J connectivity index is 2.40. The first kappa shape index (κ1) is 11.5. The fourth-order valence-corrected chi connectivity index (χ4v) is 1.12. The summed E-state index contributed by atoms with van der Waals surface area (Å²) in [6, 6.07) is 0. The third-order valence-electron chi connectivity index (χ3n) is 2.73. The molecule has 0 spiro atoms. The molecule has 0 bridgehead atoms. The fourth-order valence-electron chi connectivity index (χ4n) is 1.12. The van der Waals surface area contributed by atoms with Gasteiger partial charge in [-0.05, 0) is 6.42 Å². The van der Waals surface area contributed by atoms with E-state index in [2.05, 4.69) is 0 Å². The summed E-state index contributed by atoms with van der Waals surface area (Å²) in [5, 5.41) is 9.73. The molecule has 2 unspecified atom stereocenters. The highest BCUT2D eigenvalue weighted by atomic mass is 16.6. The largest absolute Gasteiger partial charge is 0.463 e. The Morgan fingerprint density at radius 3 is 2.79 bits per heavy atom. The van der Waals surface area contributed by atoms with Crippen molar-refractivity contribution in [1.29, 1.82) is 0 Å². The van der Waals surface area contributed by atoms with Gasteiger partial charge in [-0.2, -0.15) is 0 Å². The van der Waals surface area contributed by atoms with Crippen LogP contribution in [-0.4, -0.2) is 30.1 Å². The fraction of sp³-hybridized carbons (Fsp3) is 0.900. The topological polar surface area (TPSA) is 55.8 Å². The van der Waals surface area contributed by atoms with Crippen LogP contribution in [0.3, 0.4) is 0 Å². The van der Waals surface area contributed by atoms with E-state index < -0.39 is 6.29 Å². The number of ether oxygens (including phenoxy) is 2. The Hall–Kier alpha value is -0.610. The van der Waals surface area contributed by atoms with E-state index in [4.69, 9.17) is 9.47 Å². The Bertz CT molecular complexity index is 212. The van der Waals surface area contributed by atoms with Crippen molar-refractivity contribution in [3.05, 3.63) is 0 Å². The molecule has 0 aliphatic carbocycles. The first-order valence-corrected chi connectivity index (χ1v) is 4.95. The molecule has 1 aliphatic rings. The van der Waals surface area contributed by atoms with Gasteiger partial charge in [-0.15, -0.1) is 0 Å². The van der Waals surface area contributed by atoms with E-state index in [0.717, 1.165) is 6.42 Å². The van der Waals surface area contributed by atoms with Crippen LogP contribution in [-0.2, 0) is 14.3 Å². The van der Waals surface area contributed by atoms with Crippen molar-refractivity contribution < 1.29 is 19.4 Å². The first-order valence-electron chi connectivity index (χ1n) is 4.95. The number of carbonyl (C=O) groups is 1. The Labute approximate surface area is 84.2 Å². The number of hydrogen-bond acceptors (Lipinski definition) is 4. The van der Waals surface area contributed by atoms with Gasteiger partial charge in [0.05, 0.1) is 6.42 Å². The summed E-state index contributed by atoms with van der Waals surface area (Å²) in [5.74, 6) is -0.253. The molecule has 82 valence electrons. The normalized spacial score (nSPS) is 24.9. The molecule has 1 N–H and O–H groups in total. The van der Waals surface area contributed by atoms with Gasteiger partial charge >= 0.3 is 5.97 Å². The molecular formula is C10H18O4. The summed E-state index contributed by atoms with van der Waals surface area (Å²) >= 11 is 0. The lowest BCUT2D eigenvalue weighted by Crippen LogP contribution is -2.35. The summed E-state index contributed by atoms with van der Waals surface area (Å²) in [7, 11) is 0. The minimum atomic E-state index is -0.841. The third kappa shape index (κ3) is 2.69. The molecule has 0 amide bonds. The second-order valence-corrected chi connectivity index (χ2v) is 4.34. The number of rotatable bonds is 4. The van der Waals surface area contributed by atoms with Crippen LogP contribution in [0.1, 0.15) is 33.6 Å². The van der Waals surface area contributed by atoms with Crippen LogP contribution in [0, 0.1) is 5.41 Å². The molecule has 4 heteroatoms. The van der Waals surface area contributed by atoms with Crippen molar-refractivity contribution in [1.82, 2.24) is 0 Å². The number of aliphatic hydroxyl groups excluding tert-OH is 1. The number of hydrogen-bond donors (Lipinski definition) is 1. The predicted molar refractivity (Wildman–Crippen MR) is 50.5 cm³/mol. The number of aliphatic hydroxyl groups is 1. The van der Waals surface area contributed by atoms with E-state index in [1.54, 1.807) is 0 Å². The van der Waals surface area contributed by atoms with Crippen LogP contribution in [0.2, 0.25) is 0 Å². The molecule has 1 heterocycles. The summed E-state index contributed by atoms with van der Waals surface area (Å²) < 4.78 is 10.1. The number of carbonyl (C=O) groups excluding carboxylic acids is 1. The lowest BCUT2D eigenvalue weighted by molar-refractivity contribution is -0.191. The minimum Gasteiger partial charge on any atom is -0.463 e. The molecule has 0 aromatic heterocycles. The van der Waals surface area contributed by atoms with Gasteiger partial charge in [-0.25, -0.2) is 0 Å². The molecule has 4 nitrogen and oxygen atoms in total. The van der Waals surface area contributed by atoms with E-state index in [-0.39, 0.29) is 30.5 Å². The molecule has 0 aromatic rings. The van der Waals surface area contributed by atoms with Gasteiger partial charge in [0.15, 0.2) is 6.29 Å². The third-order valence-corrected chi connectivity index (χ3v) is 2.73. The summed E-state index contributed by atoms with van der Waals surface area (Å²) in [4.78, 5) is 10.8. The van der Waals surface area contributed by atoms with Crippen molar-refractivity contribution in [2.45, 2.75) is 46.0 Å². The molecule has 2 atom stereocenters. The van der Waals surface area contributed by atoms with Gasteiger partial charge in [0.1, 0.15) is 12.7 Å². The maximum Gasteiger partial charge on any atom is 0.308 e. The standard InChI is InChI=1S/C10H18O4/c1-4-10(2,3)9(12)14-7-5-8(11)13-6-7/h7,9,12H,4-6H2,1-3H3. The summed E-state index contributed by atoms with van der Waals surface area (Å²) in [5.41, 5.74) is -0.286. The quantitative estimate of drug-likeness (QED) is 0.547. The van der Waals surface area contributed by atoms with Crippen LogP contribution in [0.25, 0.3) is 0 Å². The number of esters is 1. The zero-order valence-corrected chi connectivity index (χ0v) is 8.95. The van der Waals surface area contributed by atoms with Crippen LogP contribution in [0.4, 0.5) is 0 Å². The van der Waals surface area contributed by atoms with Crippen molar-refractivity contribution >= 4 is 5.97 Å². The van der Waals surface area contributed by atoms with Gasteiger partial charge in [0.2, 0.25) is 0 Å². The maximum atomic E-state index is 10.8. The Morgan fingerprint density at radius 1 is 1.71 bits per heavy atom. The van der Waals surface area contributed by atoms with Crippen LogP contribution < -0.4 is 0 Å².